The van der Waals surface area contributed by atoms with Crippen molar-refractivity contribution in [1.82, 2.24) is 9.29 Å². The summed E-state index contributed by atoms with van der Waals surface area (Å²) in [4.78, 5) is 16.6. The molecule has 8 nitrogen and oxygen atoms in total. The Balaban J connectivity index is 1.47. The summed E-state index contributed by atoms with van der Waals surface area (Å²) in [7, 11) is -3.80. The van der Waals surface area contributed by atoms with E-state index in [1.807, 2.05) is 24.3 Å². The van der Waals surface area contributed by atoms with Gasteiger partial charge in [0.05, 0.1) is 18.2 Å². The predicted octanol–water partition coefficient (Wildman–Crippen LogP) is 2.93. The lowest BCUT2D eigenvalue weighted by Gasteiger charge is -2.26. The monoisotopic (exact) mass is 461 g/mol. The van der Waals surface area contributed by atoms with Gasteiger partial charge in [-0.2, -0.15) is 4.31 Å². The molecule has 0 radical (unpaired) electrons. The van der Waals surface area contributed by atoms with E-state index in [0.717, 1.165) is 5.39 Å². The van der Waals surface area contributed by atoms with Crippen molar-refractivity contribution in [3.63, 3.8) is 0 Å². The summed E-state index contributed by atoms with van der Waals surface area (Å²) < 4.78 is 38.0. The molecule has 1 amide bonds. The van der Waals surface area contributed by atoms with E-state index in [1.165, 1.54) is 22.5 Å². The number of sulfonamides is 1. The molecule has 4 rings (SSSR count). The van der Waals surface area contributed by atoms with Gasteiger partial charge in [0.1, 0.15) is 16.2 Å². The maximum absolute atomic E-state index is 12.9. The molecule has 2 heterocycles. The molecule has 2 aromatic carbocycles. The number of carbonyl (C=O) groups excluding carboxylic acids is 1. The van der Waals surface area contributed by atoms with Crippen LogP contribution in [0.25, 0.3) is 10.9 Å². The zero-order valence-electron chi connectivity index (χ0n) is 16.5. The number of anilines is 1. The summed E-state index contributed by atoms with van der Waals surface area (Å²) >= 11 is 6.15. The fourth-order valence-electron chi connectivity index (χ4n) is 3.24. The molecular formula is C21H20ClN3O5S. The number of hydrogen-bond acceptors (Lipinski definition) is 6. The lowest BCUT2D eigenvalue weighted by Crippen LogP contribution is -2.40. The second kappa shape index (κ2) is 9.19. The molecule has 3 aromatic rings. The Morgan fingerprint density at radius 1 is 1.16 bits per heavy atom. The first-order valence-electron chi connectivity index (χ1n) is 9.59. The highest BCUT2D eigenvalue weighted by Gasteiger charge is 2.28. The molecule has 0 bridgehead atoms. The van der Waals surface area contributed by atoms with Gasteiger partial charge in [0, 0.05) is 30.4 Å². The van der Waals surface area contributed by atoms with Crippen molar-refractivity contribution in [2.45, 2.75) is 4.90 Å². The van der Waals surface area contributed by atoms with Gasteiger partial charge in [-0.05, 0) is 30.3 Å². The highest BCUT2D eigenvalue weighted by Crippen LogP contribution is 2.28. The Morgan fingerprint density at radius 3 is 2.74 bits per heavy atom. The van der Waals surface area contributed by atoms with Gasteiger partial charge in [-0.1, -0.05) is 29.8 Å². The van der Waals surface area contributed by atoms with Crippen LogP contribution in [-0.2, 0) is 19.6 Å². The van der Waals surface area contributed by atoms with E-state index in [9.17, 15) is 13.2 Å². The normalized spacial score (nSPS) is 15.0. The fraction of sp³-hybridized carbons (Fsp3) is 0.238. The van der Waals surface area contributed by atoms with Crippen LogP contribution in [0.15, 0.2) is 59.6 Å². The molecule has 0 spiro atoms. The molecule has 162 valence electrons. The van der Waals surface area contributed by atoms with Gasteiger partial charge in [0.25, 0.3) is 5.91 Å². The first kappa shape index (κ1) is 21.5. The van der Waals surface area contributed by atoms with Gasteiger partial charge in [-0.3, -0.25) is 9.78 Å². The molecule has 1 aliphatic heterocycles. The number of rotatable bonds is 6. The van der Waals surface area contributed by atoms with Crippen molar-refractivity contribution in [2.24, 2.45) is 0 Å². The molecular weight excluding hydrogens is 442 g/mol. The van der Waals surface area contributed by atoms with Gasteiger partial charge >= 0.3 is 0 Å². The van der Waals surface area contributed by atoms with Crippen LogP contribution in [-0.4, -0.2) is 56.5 Å². The Kier molecular flexibility index (Phi) is 6.38. The van der Waals surface area contributed by atoms with Crippen LogP contribution in [0.3, 0.4) is 0 Å². The van der Waals surface area contributed by atoms with Crippen molar-refractivity contribution in [3.8, 4) is 5.75 Å². The molecule has 0 saturated carbocycles. The number of aromatic nitrogens is 1. The van der Waals surface area contributed by atoms with E-state index in [1.54, 1.807) is 12.3 Å². The lowest BCUT2D eigenvalue weighted by atomic mass is 10.2. The van der Waals surface area contributed by atoms with Gasteiger partial charge in [0.2, 0.25) is 10.0 Å². The second-order valence-electron chi connectivity index (χ2n) is 6.83. The van der Waals surface area contributed by atoms with Crippen molar-refractivity contribution >= 4 is 44.1 Å². The average Bonchev–Trinajstić information content (AvgIpc) is 2.79. The van der Waals surface area contributed by atoms with Gasteiger partial charge in [-0.15, -0.1) is 0 Å². The second-order valence-corrected chi connectivity index (χ2v) is 9.14. The highest BCUT2D eigenvalue weighted by molar-refractivity contribution is 7.89. The molecule has 0 atom stereocenters. The van der Waals surface area contributed by atoms with Crippen LogP contribution in [0.4, 0.5) is 5.69 Å². The number of amides is 1. The summed E-state index contributed by atoms with van der Waals surface area (Å²) in [6.07, 6.45) is 1.65. The van der Waals surface area contributed by atoms with Crippen LogP contribution in [0.2, 0.25) is 5.02 Å². The Bertz CT molecular complexity index is 1210. The van der Waals surface area contributed by atoms with Gasteiger partial charge < -0.3 is 14.8 Å². The van der Waals surface area contributed by atoms with Crippen molar-refractivity contribution < 1.29 is 22.7 Å². The lowest BCUT2D eigenvalue weighted by molar-refractivity contribution is -0.118. The number of fused-ring (bicyclic) bond motifs is 1. The number of para-hydroxylation sites is 1. The highest BCUT2D eigenvalue weighted by atomic mass is 35.5. The third-order valence-corrected chi connectivity index (χ3v) is 7.14. The average molecular weight is 462 g/mol. The van der Waals surface area contributed by atoms with E-state index in [0.29, 0.717) is 30.2 Å². The minimum atomic E-state index is -3.80. The molecule has 0 unspecified atom stereocenters. The third-order valence-electron chi connectivity index (χ3n) is 4.76. The summed E-state index contributed by atoms with van der Waals surface area (Å²) in [5, 5.41) is 3.64. The number of morpholine rings is 1. The zero-order valence-corrected chi connectivity index (χ0v) is 18.0. The maximum Gasteiger partial charge on any atom is 0.262 e. The summed E-state index contributed by atoms with van der Waals surface area (Å²) in [5.41, 5.74) is 0.962. The Hall–Kier alpha value is -2.72. The molecule has 10 heteroatoms. The molecule has 0 aliphatic carbocycles. The molecule has 1 fully saturated rings. The van der Waals surface area contributed by atoms with E-state index < -0.39 is 15.9 Å². The third kappa shape index (κ3) is 4.80. The zero-order chi connectivity index (χ0) is 21.8. The van der Waals surface area contributed by atoms with Crippen LogP contribution in [0.1, 0.15) is 0 Å². The van der Waals surface area contributed by atoms with Crippen LogP contribution < -0.4 is 10.1 Å². The molecule has 1 aliphatic rings. The molecule has 31 heavy (non-hydrogen) atoms. The van der Waals surface area contributed by atoms with Crippen molar-refractivity contribution in [3.05, 3.63) is 59.8 Å². The van der Waals surface area contributed by atoms with E-state index in [2.05, 4.69) is 10.3 Å². The first-order chi connectivity index (χ1) is 14.9. The standard InChI is InChI=1S/C21H20ClN3O5S/c22-17-7-6-16(13-19(17)31(27,28)25-9-11-29-12-10-25)24-20(26)14-30-18-5-1-3-15-4-2-8-23-21(15)18/h1-8,13H,9-12,14H2,(H,24,26). The van der Waals surface area contributed by atoms with Crippen molar-refractivity contribution in [2.75, 3.05) is 38.2 Å². The maximum atomic E-state index is 12.9. The van der Waals surface area contributed by atoms with Gasteiger partial charge in [0.15, 0.2) is 6.61 Å². The van der Waals surface area contributed by atoms with Crippen LogP contribution in [0.5, 0.6) is 5.75 Å². The number of benzene rings is 2. The smallest absolute Gasteiger partial charge is 0.262 e. The number of ether oxygens (including phenoxy) is 2. The predicted molar refractivity (Wildman–Crippen MR) is 117 cm³/mol. The topological polar surface area (TPSA) is 97.8 Å². The van der Waals surface area contributed by atoms with Crippen LogP contribution in [0, 0.1) is 0 Å². The SMILES string of the molecule is O=C(COc1cccc2cccnc12)Nc1ccc(Cl)c(S(=O)(=O)N2CCOCC2)c1. The number of nitrogens with zero attached hydrogens (tertiary/aromatic N) is 2. The Morgan fingerprint density at radius 2 is 1.94 bits per heavy atom. The fourth-order valence-corrected chi connectivity index (χ4v) is 5.15. The number of hydrogen-bond donors (Lipinski definition) is 1. The molecule has 1 N–H and O–H groups in total. The quantitative estimate of drug-likeness (QED) is 0.606. The molecule has 1 saturated heterocycles. The van der Waals surface area contributed by atoms with E-state index in [-0.39, 0.29) is 29.6 Å². The summed E-state index contributed by atoms with van der Waals surface area (Å²) in [5.74, 6) is 0.0462. The first-order valence-corrected chi connectivity index (χ1v) is 11.4. The number of pyridine rings is 1. The number of halogens is 1. The number of carbonyl (C=O) groups is 1. The summed E-state index contributed by atoms with van der Waals surface area (Å²) in [6.45, 7) is 0.898. The minimum absolute atomic E-state index is 0.0620. The van der Waals surface area contributed by atoms with Gasteiger partial charge in [-0.25, -0.2) is 8.42 Å². The van der Waals surface area contributed by atoms with E-state index in [4.69, 9.17) is 21.1 Å². The van der Waals surface area contributed by atoms with Crippen molar-refractivity contribution in [1.29, 1.82) is 0 Å². The van der Waals surface area contributed by atoms with E-state index >= 15 is 0 Å². The number of nitrogens with one attached hydrogen (secondary N) is 1. The minimum Gasteiger partial charge on any atom is -0.481 e. The summed E-state index contributed by atoms with van der Waals surface area (Å²) in [6, 6.07) is 13.5. The molecule has 1 aromatic heterocycles. The van der Waals surface area contributed by atoms with Crippen LogP contribution >= 0.6 is 11.6 Å². The Labute approximate surface area is 184 Å². The largest absolute Gasteiger partial charge is 0.481 e.